The molecule has 1 aromatic rings. The van der Waals surface area contributed by atoms with Crippen LogP contribution in [0.25, 0.3) is 0 Å². The minimum Gasteiger partial charge on any atom is -0.341 e. The number of nitrogens with zero attached hydrogens (tertiary/aromatic N) is 2. The predicted molar refractivity (Wildman–Crippen MR) is 77.2 cm³/mol. The molecule has 1 N–H and O–H groups in total. The summed E-state index contributed by atoms with van der Waals surface area (Å²) >= 11 is 4.92. The fourth-order valence-corrected chi connectivity index (χ4v) is 2.81. The molecular weight excluding hydrogens is 302 g/mol. The lowest BCUT2D eigenvalue weighted by molar-refractivity contribution is 0.720. The van der Waals surface area contributed by atoms with E-state index < -0.39 is 0 Å². The van der Waals surface area contributed by atoms with Crippen LogP contribution in [0, 0.1) is 0 Å². The molecular formula is C11H14BrN3OS. The molecule has 0 saturated heterocycles. The number of aliphatic imine (C=N–C) groups is 1. The Labute approximate surface area is 113 Å². The Hall–Kier alpha value is -0.750. The number of nitrogens with one attached hydrogen (secondary N) is 1. The van der Waals surface area contributed by atoms with Gasteiger partial charge in [-0.25, -0.2) is 0 Å². The van der Waals surface area contributed by atoms with E-state index in [4.69, 9.17) is 0 Å². The van der Waals surface area contributed by atoms with Crippen molar-refractivity contribution in [2.75, 3.05) is 11.6 Å². The second kappa shape index (κ2) is 4.86. The van der Waals surface area contributed by atoms with Crippen molar-refractivity contribution in [3.63, 3.8) is 0 Å². The molecule has 4 nitrogen and oxygen atoms in total. The van der Waals surface area contributed by atoms with E-state index in [0.29, 0.717) is 11.0 Å². The Morgan fingerprint density at radius 1 is 1.65 bits per heavy atom. The molecule has 1 aromatic heterocycles. The van der Waals surface area contributed by atoms with Crippen molar-refractivity contribution in [2.24, 2.45) is 4.99 Å². The van der Waals surface area contributed by atoms with Gasteiger partial charge in [0, 0.05) is 17.8 Å². The van der Waals surface area contributed by atoms with Crippen LogP contribution in [0.5, 0.6) is 0 Å². The molecule has 0 aromatic carbocycles. The molecule has 0 bridgehead atoms. The lowest BCUT2D eigenvalue weighted by Crippen LogP contribution is -2.31. The zero-order chi connectivity index (χ0) is 12.6. The summed E-state index contributed by atoms with van der Waals surface area (Å²) in [4.78, 5) is 16.5. The SMILES string of the molecule is CCn1c2c(cc(Br)c1=O)C(C)=NC(SC)N2. The van der Waals surface area contributed by atoms with Gasteiger partial charge in [0.1, 0.15) is 5.82 Å². The summed E-state index contributed by atoms with van der Waals surface area (Å²) in [5.74, 6) is 0.868. The molecule has 1 unspecified atom stereocenters. The zero-order valence-electron chi connectivity index (χ0n) is 9.95. The molecule has 2 rings (SSSR count). The van der Waals surface area contributed by atoms with Crippen molar-refractivity contribution in [3.05, 3.63) is 26.5 Å². The van der Waals surface area contributed by atoms with Crippen LogP contribution in [0.15, 0.2) is 20.3 Å². The molecule has 0 fully saturated rings. The Kier molecular flexibility index (Phi) is 3.63. The molecule has 1 aliphatic heterocycles. The highest BCUT2D eigenvalue weighted by Crippen LogP contribution is 2.26. The third-order valence-corrected chi connectivity index (χ3v) is 3.98. The third-order valence-electron chi connectivity index (χ3n) is 2.75. The summed E-state index contributed by atoms with van der Waals surface area (Å²) in [5, 5.41) is 3.28. The van der Waals surface area contributed by atoms with E-state index in [1.165, 1.54) is 0 Å². The zero-order valence-corrected chi connectivity index (χ0v) is 12.4. The van der Waals surface area contributed by atoms with E-state index in [9.17, 15) is 4.79 Å². The smallest absolute Gasteiger partial charge is 0.266 e. The normalized spacial score (nSPS) is 18.4. The Bertz CT molecular complexity index is 538. The van der Waals surface area contributed by atoms with Crippen molar-refractivity contribution >= 4 is 39.2 Å². The van der Waals surface area contributed by atoms with Gasteiger partial charge < -0.3 is 5.32 Å². The molecule has 1 aliphatic rings. The monoisotopic (exact) mass is 315 g/mol. The molecule has 2 heterocycles. The van der Waals surface area contributed by atoms with Crippen molar-refractivity contribution in [2.45, 2.75) is 25.9 Å². The van der Waals surface area contributed by atoms with E-state index in [1.54, 1.807) is 16.3 Å². The molecule has 0 amide bonds. The van der Waals surface area contributed by atoms with Crippen LogP contribution < -0.4 is 10.9 Å². The van der Waals surface area contributed by atoms with E-state index >= 15 is 0 Å². The fourth-order valence-electron chi connectivity index (χ4n) is 1.87. The Balaban J connectivity index is 2.67. The lowest BCUT2D eigenvalue weighted by Gasteiger charge is -2.26. The molecule has 0 radical (unpaired) electrons. The molecule has 0 saturated carbocycles. The first kappa shape index (κ1) is 12.7. The summed E-state index contributed by atoms with van der Waals surface area (Å²) < 4.78 is 2.32. The van der Waals surface area contributed by atoms with Crippen LogP contribution in [0.2, 0.25) is 0 Å². The lowest BCUT2D eigenvalue weighted by atomic mass is 10.1. The minimum absolute atomic E-state index is 0.00620. The highest BCUT2D eigenvalue weighted by atomic mass is 79.9. The second-order valence-electron chi connectivity index (χ2n) is 3.75. The fraction of sp³-hybridized carbons (Fsp3) is 0.455. The first-order valence-electron chi connectivity index (χ1n) is 5.36. The van der Waals surface area contributed by atoms with Gasteiger partial charge in [-0.2, -0.15) is 0 Å². The van der Waals surface area contributed by atoms with Gasteiger partial charge in [-0.15, -0.1) is 11.8 Å². The predicted octanol–water partition coefficient (Wildman–Crippen LogP) is 2.51. The van der Waals surface area contributed by atoms with Gasteiger partial charge in [0.15, 0.2) is 5.50 Å². The second-order valence-corrected chi connectivity index (χ2v) is 5.52. The van der Waals surface area contributed by atoms with Crippen LogP contribution in [0.3, 0.4) is 0 Å². The summed E-state index contributed by atoms with van der Waals surface area (Å²) in [6.07, 6.45) is 1.99. The Morgan fingerprint density at radius 2 is 2.35 bits per heavy atom. The van der Waals surface area contributed by atoms with Gasteiger partial charge in [0.05, 0.1) is 4.47 Å². The van der Waals surface area contributed by atoms with E-state index in [2.05, 4.69) is 26.2 Å². The topological polar surface area (TPSA) is 46.4 Å². The average Bonchev–Trinajstić information content (AvgIpc) is 2.32. The first-order valence-corrected chi connectivity index (χ1v) is 7.44. The number of thioether (sulfide) groups is 1. The van der Waals surface area contributed by atoms with Crippen molar-refractivity contribution in [3.8, 4) is 0 Å². The molecule has 6 heteroatoms. The van der Waals surface area contributed by atoms with Crippen LogP contribution in [0.4, 0.5) is 5.82 Å². The highest BCUT2D eigenvalue weighted by molar-refractivity contribution is 9.10. The molecule has 1 atom stereocenters. The number of fused-ring (bicyclic) bond motifs is 1. The molecule has 0 aliphatic carbocycles. The van der Waals surface area contributed by atoms with Gasteiger partial charge in [-0.3, -0.25) is 14.4 Å². The maximum atomic E-state index is 12.0. The van der Waals surface area contributed by atoms with Crippen LogP contribution in [0.1, 0.15) is 19.4 Å². The van der Waals surface area contributed by atoms with Crippen molar-refractivity contribution in [1.29, 1.82) is 0 Å². The summed E-state index contributed by atoms with van der Waals surface area (Å²) in [5.41, 5.74) is 1.93. The first-order chi connectivity index (χ1) is 8.08. The van der Waals surface area contributed by atoms with Crippen LogP contribution in [-0.2, 0) is 6.54 Å². The Morgan fingerprint density at radius 3 is 2.94 bits per heavy atom. The summed E-state index contributed by atoms with van der Waals surface area (Å²) in [6, 6.07) is 1.84. The summed E-state index contributed by atoms with van der Waals surface area (Å²) in [7, 11) is 0. The van der Waals surface area contributed by atoms with Gasteiger partial charge in [-0.1, -0.05) is 0 Å². The number of aromatic nitrogens is 1. The van der Waals surface area contributed by atoms with E-state index in [0.717, 1.165) is 17.1 Å². The molecule has 92 valence electrons. The van der Waals surface area contributed by atoms with Gasteiger partial charge >= 0.3 is 0 Å². The maximum absolute atomic E-state index is 12.0. The third kappa shape index (κ3) is 2.15. The standard InChI is InChI=1S/C11H14BrN3OS/c1-4-15-9-7(5-8(12)10(15)16)6(2)13-11(14-9)17-3/h5,11,14H,4H2,1-3H3. The van der Waals surface area contributed by atoms with Crippen molar-refractivity contribution in [1.82, 2.24) is 4.57 Å². The molecule has 0 spiro atoms. The average molecular weight is 316 g/mol. The minimum atomic E-state index is -0.0131. The van der Waals surface area contributed by atoms with E-state index in [1.807, 2.05) is 26.2 Å². The number of hydrogen-bond donors (Lipinski definition) is 1. The largest absolute Gasteiger partial charge is 0.341 e. The summed E-state index contributed by atoms with van der Waals surface area (Å²) in [6.45, 7) is 4.58. The van der Waals surface area contributed by atoms with Gasteiger partial charge in [-0.05, 0) is 42.1 Å². The number of anilines is 1. The highest BCUT2D eigenvalue weighted by Gasteiger charge is 2.21. The van der Waals surface area contributed by atoms with Gasteiger partial charge in [0.25, 0.3) is 5.56 Å². The number of pyridine rings is 1. The number of halogens is 1. The van der Waals surface area contributed by atoms with Crippen LogP contribution in [-0.4, -0.2) is 22.0 Å². The quantitative estimate of drug-likeness (QED) is 0.912. The van der Waals surface area contributed by atoms with Crippen molar-refractivity contribution < 1.29 is 0 Å². The van der Waals surface area contributed by atoms with E-state index in [-0.39, 0.29) is 11.1 Å². The van der Waals surface area contributed by atoms with Crippen LogP contribution >= 0.6 is 27.7 Å². The van der Waals surface area contributed by atoms with Gasteiger partial charge in [0.2, 0.25) is 0 Å². The molecule has 17 heavy (non-hydrogen) atoms. The number of hydrogen-bond acceptors (Lipinski definition) is 4. The maximum Gasteiger partial charge on any atom is 0.266 e. The number of rotatable bonds is 2.